The maximum atomic E-state index is 13.7. The number of carbonyl (C=O) groups excluding carboxylic acids is 2. The first-order chi connectivity index (χ1) is 17.4. The number of ether oxygens (including phenoxy) is 3. The van der Waals surface area contributed by atoms with Gasteiger partial charge in [-0.15, -0.1) is 0 Å². The highest BCUT2D eigenvalue weighted by molar-refractivity contribution is 5.98. The summed E-state index contributed by atoms with van der Waals surface area (Å²) >= 11 is 0. The normalized spacial score (nSPS) is 11.5. The average Bonchev–Trinajstić information content (AvgIpc) is 2.89. The molecule has 2 amide bonds. The number of hydrogen-bond acceptors (Lipinski definition) is 5. The van der Waals surface area contributed by atoms with Gasteiger partial charge >= 0.3 is 0 Å². The maximum Gasteiger partial charge on any atom is 0.247 e. The van der Waals surface area contributed by atoms with Crippen molar-refractivity contribution < 1.29 is 23.8 Å². The lowest BCUT2D eigenvalue weighted by molar-refractivity contribution is -0.140. The van der Waals surface area contributed by atoms with Gasteiger partial charge in [-0.3, -0.25) is 9.59 Å². The van der Waals surface area contributed by atoms with Gasteiger partial charge in [-0.2, -0.15) is 0 Å². The summed E-state index contributed by atoms with van der Waals surface area (Å²) in [6, 6.07) is 21.5. The van der Waals surface area contributed by atoms with E-state index in [9.17, 15) is 9.59 Å². The van der Waals surface area contributed by atoms with Crippen LogP contribution in [0, 0.1) is 5.92 Å². The molecule has 190 valence electrons. The van der Waals surface area contributed by atoms with Crippen LogP contribution in [0.15, 0.2) is 72.8 Å². The monoisotopic (exact) mass is 490 g/mol. The molecular weight excluding hydrogens is 456 g/mol. The minimum atomic E-state index is -0.713. The maximum absolute atomic E-state index is 13.7. The third-order valence-corrected chi connectivity index (χ3v) is 5.93. The third-order valence-electron chi connectivity index (χ3n) is 5.93. The summed E-state index contributed by atoms with van der Waals surface area (Å²) in [6.07, 6.45) is 0.194. The number of benzene rings is 3. The van der Waals surface area contributed by atoms with E-state index in [1.165, 1.54) is 7.11 Å². The van der Waals surface area contributed by atoms with Crippen molar-refractivity contribution in [1.82, 2.24) is 4.90 Å². The quantitative estimate of drug-likeness (QED) is 0.412. The highest BCUT2D eigenvalue weighted by Gasteiger charge is 2.33. The van der Waals surface area contributed by atoms with Gasteiger partial charge in [0, 0.05) is 12.6 Å². The standard InChI is InChI=1S/C29H34N2O5/c1-20(2)28(29(33)30-25-16-15-24(35-4)18-26(25)36-5)31(19-22-11-13-23(34-3)14-12-22)27(32)17-21-9-7-6-8-10-21/h6-16,18,20,28H,17,19H2,1-5H3,(H,30,33). The molecule has 36 heavy (non-hydrogen) atoms. The predicted molar refractivity (Wildman–Crippen MR) is 140 cm³/mol. The Balaban J connectivity index is 1.93. The SMILES string of the molecule is COc1ccc(CN(C(=O)Cc2ccccc2)C(C(=O)Nc2ccc(OC)cc2OC)C(C)C)cc1. The number of anilines is 1. The number of amides is 2. The number of nitrogens with zero attached hydrogens (tertiary/aromatic N) is 1. The molecule has 0 aliphatic heterocycles. The van der Waals surface area contributed by atoms with Crippen LogP contribution in [0.25, 0.3) is 0 Å². The number of hydrogen-bond donors (Lipinski definition) is 1. The second-order valence-corrected chi connectivity index (χ2v) is 8.78. The zero-order valence-electron chi connectivity index (χ0n) is 21.5. The molecule has 0 fully saturated rings. The van der Waals surface area contributed by atoms with Crippen molar-refractivity contribution >= 4 is 17.5 Å². The van der Waals surface area contributed by atoms with Gasteiger partial charge in [-0.1, -0.05) is 56.3 Å². The van der Waals surface area contributed by atoms with Crippen molar-refractivity contribution in [1.29, 1.82) is 0 Å². The van der Waals surface area contributed by atoms with E-state index in [2.05, 4.69) is 5.32 Å². The Hall–Kier alpha value is -4.00. The molecule has 0 bridgehead atoms. The molecule has 1 N–H and O–H groups in total. The minimum absolute atomic E-state index is 0.132. The fourth-order valence-corrected chi connectivity index (χ4v) is 4.05. The molecule has 0 heterocycles. The average molecular weight is 491 g/mol. The first-order valence-corrected chi connectivity index (χ1v) is 11.9. The number of methoxy groups -OCH3 is 3. The van der Waals surface area contributed by atoms with Gasteiger partial charge in [0.05, 0.1) is 33.4 Å². The van der Waals surface area contributed by atoms with Crippen molar-refractivity contribution in [3.05, 3.63) is 83.9 Å². The molecule has 0 spiro atoms. The second kappa shape index (κ2) is 12.6. The molecule has 0 aromatic heterocycles. The fraction of sp³-hybridized carbons (Fsp3) is 0.310. The van der Waals surface area contributed by atoms with Gasteiger partial charge in [-0.25, -0.2) is 0 Å². The van der Waals surface area contributed by atoms with E-state index in [1.54, 1.807) is 37.3 Å². The summed E-state index contributed by atoms with van der Waals surface area (Å²) in [5.41, 5.74) is 2.30. The van der Waals surface area contributed by atoms with Crippen LogP contribution in [0.5, 0.6) is 17.2 Å². The second-order valence-electron chi connectivity index (χ2n) is 8.78. The molecule has 3 aromatic rings. The number of carbonyl (C=O) groups is 2. The summed E-state index contributed by atoms with van der Waals surface area (Å²) in [7, 11) is 4.71. The summed E-state index contributed by atoms with van der Waals surface area (Å²) in [4.78, 5) is 28.9. The molecule has 0 saturated heterocycles. The summed E-state index contributed by atoms with van der Waals surface area (Å²) in [6.45, 7) is 4.16. The molecule has 0 radical (unpaired) electrons. The zero-order valence-corrected chi connectivity index (χ0v) is 21.5. The van der Waals surface area contributed by atoms with E-state index in [0.717, 1.165) is 16.9 Å². The molecule has 0 aliphatic rings. The van der Waals surface area contributed by atoms with Crippen LogP contribution in [-0.4, -0.2) is 44.1 Å². The van der Waals surface area contributed by atoms with Crippen LogP contribution >= 0.6 is 0 Å². The van der Waals surface area contributed by atoms with E-state index < -0.39 is 6.04 Å². The van der Waals surface area contributed by atoms with Gasteiger partial charge in [0.25, 0.3) is 0 Å². The van der Waals surface area contributed by atoms with Crippen LogP contribution in [0.2, 0.25) is 0 Å². The molecule has 1 atom stereocenters. The van der Waals surface area contributed by atoms with Crippen LogP contribution < -0.4 is 19.5 Å². The molecule has 0 saturated carbocycles. The van der Waals surface area contributed by atoms with Crippen molar-refractivity contribution in [2.24, 2.45) is 5.92 Å². The van der Waals surface area contributed by atoms with Crippen LogP contribution in [0.1, 0.15) is 25.0 Å². The van der Waals surface area contributed by atoms with Crippen molar-refractivity contribution in [2.45, 2.75) is 32.9 Å². The molecule has 7 heteroatoms. The van der Waals surface area contributed by atoms with Crippen molar-refractivity contribution in [3.63, 3.8) is 0 Å². The highest BCUT2D eigenvalue weighted by Crippen LogP contribution is 2.30. The topological polar surface area (TPSA) is 77.1 Å². The van der Waals surface area contributed by atoms with Crippen LogP contribution in [0.4, 0.5) is 5.69 Å². The first-order valence-electron chi connectivity index (χ1n) is 11.9. The van der Waals surface area contributed by atoms with Gasteiger partial charge in [-0.05, 0) is 41.3 Å². The molecular formula is C29H34N2O5. The zero-order chi connectivity index (χ0) is 26.1. The van der Waals surface area contributed by atoms with Gasteiger partial charge in [0.2, 0.25) is 11.8 Å². The number of nitrogens with one attached hydrogen (secondary N) is 1. The van der Waals surface area contributed by atoms with E-state index in [0.29, 0.717) is 17.2 Å². The van der Waals surface area contributed by atoms with Crippen LogP contribution in [0.3, 0.4) is 0 Å². The lowest BCUT2D eigenvalue weighted by Gasteiger charge is -2.34. The molecule has 1 unspecified atom stereocenters. The van der Waals surface area contributed by atoms with Gasteiger partial charge in [0.1, 0.15) is 23.3 Å². The lowest BCUT2D eigenvalue weighted by atomic mass is 9.99. The Morgan fingerprint density at radius 1 is 0.806 bits per heavy atom. The third kappa shape index (κ3) is 6.78. The fourth-order valence-electron chi connectivity index (χ4n) is 4.05. The molecule has 0 aliphatic carbocycles. The van der Waals surface area contributed by atoms with Crippen molar-refractivity contribution in [2.75, 3.05) is 26.6 Å². The van der Waals surface area contributed by atoms with Crippen molar-refractivity contribution in [3.8, 4) is 17.2 Å². The Kier molecular flexibility index (Phi) is 9.33. The Bertz CT molecular complexity index is 1150. The smallest absolute Gasteiger partial charge is 0.247 e. The highest BCUT2D eigenvalue weighted by atomic mass is 16.5. The predicted octanol–water partition coefficient (Wildman–Crippen LogP) is 4.95. The Labute approximate surface area is 213 Å². The minimum Gasteiger partial charge on any atom is -0.497 e. The van der Waals surface area contributed by atoms with Crippen LogP contribution in [-0.2, 0) is 22.6 Å². The molecule has 7 nitrogen and oxygen atoms in total. The van der Waals surface area contributed by atoms with E-state index in [4.69, 9.17) is 14.2 Å². The van der Waals surface area contributed by atoms with E-state index in [-0.39, 0.29) is 30.7 Å². The first kappa shape index (κ1) is 26.6. The lowest BCUT2D eigenvalue weighted by Crippen LogP contribution is -2.50. The summed E-state index contributed by atoms with van der Waals surface area (Å²) in [5, 5.41) is 2.96. The largest absolute Gasteiger partial charge is 0.497 e. The van der Waals surface area contributed by atoms with E-state index >= 15 is 0 Å². The molecule has 3 rings (SSSR count). The Morgan fingerprint density at radius 3 is 2.03 bits per heavy atom. The van der Waals surface area contributed by atoms with Gasteiger partial charge < -0.3 is 24.4 Å². The summed E-state index contributed by atoms with van der Waals surface area (Å²) < 4.78 is 16.0. The molecule has 3 aromatic carbocycles. The Morgan fingerprint density at radius 2 is 1.44 bits per heavy atom. The van der Waals surface area contributed by atoms with E-state index in [1.807, 2.05) is 68.4 Å². The summed E-state index contributed by atoms with van der Waals surface area (Å²) in [5.74, 6) is 1.25. The van der Waals surface area contributed by atoms with Gasteiger partial charge in [0.15, 0.2) is 0 Å². The number of rotatable bonds is 11.